The number of nitrogens with two attached hydrogens (primary N) is 1. The number of ether oxygens (including phenoxy) is 1. The Hall–Kier alpha value is -1.82. The van der Waals surface area contributed by atoms with Crippen LogP contribution in [0.5, 0.6) is 0 Å². The summed E-state index contributed by atoms with van der Waals surface area (Å²) in [4.78, 5) is 15.7. The van der Waals surface area contributed by atoms with Gasteiger partial charge in [0.1, 0.15) is 11.6 Å². The zero-order chi connectivity index (χ0) is 14.2. The van der Waals surface area contributed by atoms with Crippen LogP contribution in [0.1, 0.15) is 21.9 Å². The summed E-state index contributed by atoms with van der Waals surface area (Å²) in [5.41, 5.74) is 8.09. The fraction of sp³-hybridized carbons (Fsp3) is 0.231. The number of imidazole rings is 1. The molecule has 0 unspecified atom stereocenters. The molecule has 5 nitrogen and oxygen atoms in total. The Morgan fingerprint density at radius 2 is 2.11 bits per heavy atom. The van der Waals surface area contributed by atoms with E-state index in [1.54, 1.807) is 11.5 Å². The van der Waals surface area contributed by atoms with Gasteiger partial charge in [-0.3, -0.25) is 4.57 Å². The van der Waals surface area contributed by atoms with E-state index in [-0.39, 0.29) is 11.5 Å². The van der Waals surface area contributed by atoms with Crippen LogP contribution in [0.15, 0.2) is 22.7 Å². The van der Waals surface area contributed by atoms with Crippen molar-refractivity contribution in [1.29, 1.82) is 0 Å². The van der Waals surface area contributed by atoms with E-state index in [9.17, 15) is 4.79 Å². The zero-order valence-electron chi connectivity index (χ0n) is 10.9. The fourth-order valence-electron chi connectivity index (χ4n) is 1.89. The SMILES string of the molecule is COC(=O)c1nc(C)n(-c2ccc(C)cc2Br)c1N. The molecule has 19 heavy (non-hydrogen) atoms. The lowest BCUT2D eigenvalue weighted by Gasteiger charge is -2.10. The van der Waals surface area contributed by atoms with Crippen LogP contribution in [0.4, 0.5) is 5.82 Å². The van der Waals surface area contributed by atoms with E-state index in [1.165, 1.54) is 7.11 Å². The lowest BCUT2D eigenvalue weighted by Crippen LogP contribution is -2.08. The van der Waals surface area contributed by atoms with E-state index in [0.717, 1.165) is 15.7 Å². The van der Waals surface area contributed by atoms with Gasteiger partial charge in [0.15, 0.2) is 5.69 Å². The number of carbonyl (C=O) groups excluding carboxylic acids is 1. The Bertz CT molecular complexity index is 650. The highest BCUT2D eigenvalue weighted by molar-refractivity contribution is 9.10. The highest BCUT2D eigenvalue weighted by Gasteiger charge is 2.20. The molecular weight excluding hydrogens is 310 g/mol. The van der Waals surface area contributed by atoms with E-state index in [1.807, 2.05) is 25.1 Å². The first-order chi connectivity index (χ1) is 8.95. The average Bonchev–Trinajstić information content (AvgIpc) is 2.65. The topological polar surface area (TPSA) is 70.1 Å². The Morgan fingerprint density at radius 3 is 2.68 bits per heavy atom. The van der Waals surface area contributed by atoms with E-state index >= 15 is 0 Å². The summed E-state index contributed by atoms with van der Waals surface area (Å²) < 4.78 is 7.27. The number of aromatic nitrogens is 2. The minimum absolute atomic E-state index is 0.132. The van der Waals surface area contributed by atoms with Gasteiger partial charge in [-0.2, -0.15) is 0 Å². The first-order valence-electron chi connectivity index (χ1n) is 5.65. The number of carbonyl (C=O) groups is 1. The van der Waals surface area contributed by atoms with Crippen LogP contribution in [0.25, 0.3) is 5.69 Å². The minimum atomic E-state index is -0.539. The Kier molecular flexibility index (Phi) is 3.61. The predicted octanol–water partition coefficient (Wildman–Crippen LogP) is 2.62. The van der Waals surface area contributed by atoms with Crippen molar-refractivity contribution in [2.75, 3.05) is 12.8 Å². The number of benzene rings is 1. The number of halogens is 1. The molecule has 1 aromatic carbocycles. The number of aryl methyl sites for hydroxylation is 2. The lowest BCUT2D eigenvalue weighted by molar-refractivity contribution is 0.0596. The third-order valence-electron chi connectivity index (χ3n) is 2.80. The first kappa shape index (κ1) is 13.6. The number of hydrogen-bond acceptors (Lipinski definition) is 4. The Morgan fingerprint density at radius 1 is 1.42 bits per heavy atom. The first-order valence-corrected chi connectivity index (χ1v) is 6.44. The van der Waals surface area contributed by atoms with Gasteiger partial charge >= 0.3 is 5.97 Å². The van der Waals surface area contributed by atoms with Gasteiger partial charge in [0.05, 0.1) is 12.8 Å². The third kappa shape index (κ3) is 2.35. The quantitative estimate of drug-likeness (QED) is 0.862. The lowest BCUT2D eigenvalue weighted by atomic mass is 10.2. The molecule has 2 rings (SSSR count). The van der Waals surface area contributed by atoms with Crippen LogP contribution in [-0.2, 0) is 4.74 Å². The van der Waals surface area contributed by atoms with Gasteiger partial charge < -0.3 is 10.5 Å². The van der Waals surface area contributed by atoms with Gasteiger partial charge in [-0.15, -0.1) is 0 Å². The van der Waals surface area contributed by atoms with Crippen molar-refractivity contribution in [3.05, 3.63) is 39.8 Å². The van der Waals surface area contributed by atoms with Crippen molar-refractivity contribution in [1.82, 2.24) is 9.55 Å². The second-order valence-electron chi connectivity index (χ2n) is 4.17. The number of hydrogen-bond donors (Lipinski definition) is 1. The highest BCUT2D eigenvalue weighted by Crippen LogP contribution is 2.27. The van der Waals surface area contributed by atoms with Crippen molar-refractivity contribution >= 4 is 27.7 Å². The predicted molar refractivity (Wildman–Crippen MR) is 76.5 cm³/mol. The summed E-state index contributed by atoms with van der Waals surface area (Å²) in [6.45, 7) is 3.79. The van der Waals surface area contributed by atoms with Crippen molar-refractivity contribution in [2.24, 2.45) is 0 Å². The summed E-state index contributed by atoms with van der Waals surface area (Å²) in [5.74, 6) is 0.360. The molecule has 1 aromatic heterocycles. The molecule has 2 N–H and O–H groups in total. The monoisotopic (exact) mass is 323 g/mol. The van der Waals surface area contributed by atoms with Crippen LogP contribution >= 0.6 is 15.9 Å². The molecule has 0 amide bonds. The molecule has 0 spiro atoms. The Labute approximate surface area is 119 Å². The van der Waals surface area contributed by atoms with E-state index < -0.39 is 5.97 Å². The van der Waals surface area contributed by atoms with Crippen LogP contribution in [0.2, 0.25) is 0 Å². The van der Waals surface area contributed by atoms with Gasteiger partial charge in [0, 0.05) is 4.47 Å². The maximum Gasteiger partial charge on any atom is 0.360 e. The number of esters is 1. The smallest absolute Gasteiger partial charge is 0.360 e. The maximum absolute atomic E-state index is 11.6. The Balaban J connectivity index is 2.63. The van der Waals surface area contributed by atoms with Crippen LogP contribution in [-0.4, -0.2) is 22.6 Å². The summed E-state index contributed by atoms with van der Waals surface area (Å²) in [5, 5.41) is 0. The van der Waals surface area contributed by atoms with Crippen molar-refractivity contribution in [3.63, 3.8) is 0 Å². The highest BCUT2D eigenvalue weighted by atomic mass is 79.9. The number of nitrogens with zero attached hydrogens (tertiary/aromatic N) is 2. The molecule has 100 valence electrons. The van der Waals surface area contributed by atoms with Gasteiger partial charge in [-0.25, -0.2) is 9.78 Å². The fourth-order valence-corrected chi connectivity index (χ4v) is 2.56. The number of anilines is 1. The van der Waals surface area contributed by atoms with Crippen LogP contribution < -0.4 is 5.73 Å². The van der Waals surface area contributed by atoms with E-state index in [0.29, 0.717) is 5.82 Å². The average molecular weight is 324 g/mol. The summed E-state index contributed by atoms with van der Waals surface area (Å²) >= 11 is 3.50. The molecule has 0 saturated carbocycles. The van der Waals surface area contributed by atoms with Gasteiger partial charge in [0.2, 0.25) is 0 Å². The summed E-state index contributed by atoms with van der Waals surface area (Å²) in [6.07, 6.45) is 0. The molecule has 0 aliphatic carbocycles. The maximum atomic E-state index is 11.6. The van der Waals surface area contributed by atoms with Gasteiger partial charge in [0.25, 0.3) is 0 Å². The summed E-state index contributed by atoms with van der Waals surface area (Å²) in [7, 11) is 1.30. The molecular formula is C13H14BrN3O2. The molecule has 0 saturated heterocycles. The van der Waals surface area contributed by atoms with Crippen molar-refractivity contribution < 1.29 is 9.53 Å². The zero-order valence-corrected chi connectivity index (χ0v) is 12.5. The van der Waals surface area contributed by atoms with Crippen molar-refractivity contribution in [2.45, 2.75) is 13.8 Å². The van der Waals surface area contributed by atoms with Gasteiger partial charge in [-0.05, 0) is 47.5 Å². The molecule has 0 radical (unpaired) electrons. The largest absolute Gasteiger partial charge is 0.464 e. The van der Waals surface area contributed by atoms with Gasteiger partial charge in [-0.1, -0.05) is 6.07 Å². The molecule has 0 aliphatic heterocycles. The standard InChI is InChI=1S/C13H14BrN3O2/c1-7-4-5-10(9(14)6-7)17-8(2)16-11(12(17)15)13(18)19-3/h4-6H,15H2,1-3H3. The molecule has 0 fully saturated rings. The van der Waals surface area contributed by atoms with E-state index in [2.05, 4.69) is 25.7 Å². The number of nitrogen functional groups attached to an aromatic ring is 1. The second-order valence-corrected chi connectivity index (χ2v) is 5.03. The number of methoxy groups -OCH3 is 1. The normalized spacial score (nSPS) is 10.5. The van der Waals surface area contributed by atoms with Crippen LogP contribution in [0, 0.1) is 13.8 Å². The van der Waals surface area contributed by atoms with Crippen LogP contribution in [0.3, 0.4) is 0 Å². The third-order valence-corrected chi connectivity index (χ3v) is 3.44. The molecule has 2 aromatic rings. The molecule has 6 heteroatoms. The van der Waals surface area contributed by atoms with Crippen molar-refractivity contribution in [3.8, 4) is 5.69 Å². The summed E-state index contributed by atoms with van der Waals surface area (Å²) in [6, 6.07) is 5.87. The van der Waals surface area contributed by atoms with E-state index in [4.69, 9.17) is 5.73 Å². The second kappa shape index (κ2) is 5.05. The minimum Gasteiger partial charge on any atom is -0.464 e. The molecule has 0 bridgehead atoms. The molecule has 0 aliphatic rings. The molecule has 0 atom stereocenters. The molecule has 1 heterocycles. The number of rotatable bonds is 2.